The number of sulfone groups is 1. The molecule has 2 rings (SSSR count). The van der Waals surface area contributed by atoms with E-state index in [9.17, 15) is 8.42 Å². The van der Waals surface area contributed by atoms with Crippen LogP contribution >= 0.6 is 0 Å². The minimum absolute atomic E-state index is 0.159. The summed E-state index contributed by atoms with van der Waals surface area (Å²) in [5.74, 6) is 0.632. The molecular weight excluding hydrogens is 260 g/mol. The maximum absolute atomic E-state index is 11.6. The lowest BCUT2D eigenvalue weighted by Crippen LogP contribution is -2.46. The van der Waals surface area contributed by atoms with Crippen LogP contribution in [-0.2, 0) is 9.84 Å². The van der Waals surface area contributed by atoms with Crippen molar-refractivity contribution in [1.82, 2.24) is 10.2 Å². The van der Waals surface area contributed by atoms with Gasteiger partial charge < -0.3 is 10.2 Å². The van der Waals surface area contributed by atoms with Crippen LogP contribution < -0.4 is 5.32 Å². The summed E-state index contributed by atoms with van der Waals surface area (Å²) in [6.07, 6.45) is 9.04. The second-order valence-corrected chi connectivity index (χ2v) is 8.41. The van der Waals surface area contributed by atoms with E-state index in [1.165, 1.54) is 38.5 Å². The van der Waals surface area contributed by atoms with Crippen LogP contribution in [0.4, 0.5) is 0 Å². The molecule has 0 bridgehead atoms. The quantitative estimate of drug-likeness (QED) is 0.795. The van der Waals surface area contributed by atoms with Crippen LogP contribution in [0.2, 0.25) is 0 Å². The summed E-state index contributed by atoms with van der Waals surface area (Å²) < 4.78 is 23.2. The van der Waals surface area contributed by atoms with Crippen molar-refractivity contribution in [2.45, 2.75) is 57.0 Å². The molecule has 0 aromatic rings. The zero-order chi connectivity index (χ0) is 13.7. The van der Waals surface area contributed by atoms with Gasteiger partial charge in [0.2, 0.25) is 0 Å². The van der Waals surface area contributed by atoms with Gasteiger partial charge in [0.15, 0.2) is 9.84 Å². The highest BCUT2D eigenvalue weighted by Crippen LogP contribution is 2.21. The molecular formula is C14H28N2O2S. The molecule has 1 aliphatic heterocycles. The molecule has 112 valence electrons. The van der Waals surface area contributed by atoms with Crippen molar-refractivity contribution in [3.8, 4) is 0 Å². The smallest absolute Gasteiger partial charge is 0.153 e. The predicted octanol–water partition coefficient (Wildman–Crippen LogP) is 1.42. The van der Waals surface area contributed by atoms with Crippen LogP contribution in [-0.4, -0.2) is 57.0 Å². The first-order valence-corrected chi connectivity index (χ1v) is 9.53. The maximum Gasteiger partial charge on any atom is 0.153 e. The van der Waals surface area contributed by atoms with Gasteiger partial charge in [-0.2, -0.15) is 0 Å². The van der Waals surface area contributed by atoms with E-state index in [-0.39, 0.29) is 6.04 Å². The molecule has 1 atom stereocenters. The molecule has 4 nitrogen and oxygen atoms in total. The van der Waals surface area contributed by atoms with Crippen molar-refractivity contribution >= 4 is 9.84 Å². The lowest BCUT2D eigenvalue weighted by Gasteiger charge is -2.30. The minimum atomic E-state index is -2.79. The first kappa shape index (κ1) is 15.3. The molecule has 0 aromatic carbocycles. The average Bonchev–Trinajstić information content (AvgIpc) is 2.63. The number of hydrogen-bond donors (Lipinski definition) is 1. The van der Waals surface area contributed by atoms with Gasteiger partial charge in [-0.15, -0.1) is 0 Å². The van der Waals surface area contributed by atoms with E-state index in [1.54, 1.807) is 0 Å². The fourth-order valence-electron chi connectivity index (χ4n) is 3.29. The highest BCUT2D eigenvalue weighted by atomic mass is 32.2. The van der Waals surface area contributed by atoms with Gasteiger partial charge in [-0.05, 0) is 32.9 Å². The summed E-state index contributed by atoms with van der Waals surface area (Å²) in [6, 6.07) is 0.870. The van der Waals surface area contributed by atoms with E-state index < -0.39 is 9.84 Å². The molecule has 0 spiro atoms. The Hall–Kier alpha value is -0.130. The molecule has 1 saturated carbocycles. The predicted molar refractivity (Wildman–Crippen MR) is 79.2 cm³/mol. The number of rotatable bonds is 4. The highest BCUT2D eigenvalue weighted by Gasteiger charge is 2.25. The fraction of sp³-hybridized carbons (Fsp3) is 1.00. The Balaban J connectivity index is 1.74. The van der Waals surface area contributed by atoms with E-state index >= 15 is 0 Å². The summed E-state index contributed by atoms with van der Waals surface area (Å²) in [6.45, 7) is 1.64. The van der Waals surface area contributed by atoms with Crippen molar-refractivity contribution in [2.75, 3.05) is 31.6 Å². The zero-order valence-electron chi connectivity index (χ0n) is 12.1. The molecule has 1 unspecified atom stereocenters. The van der Waals surface area contributed by atoms with Gasteiger partial charge in [0.25, 0.3) is 0 Å². The van der Waals surface area contributed by atoms with Gasteiger partial charge in [-0.1, -0.05) is 25.7 Å². The third-order valence-electron chi connectivity index (χ3n) is 4.58. The van der Waals surface area contributed by atoms with E-state index in [0.717, 1.165) is 13.0 Å². The molecule has 2 aliphatic rings. The van der Waals surface area contributed by atoms with Crippen LogP contribution in [0.5, 0.6) is 0 Å². The molecule has 0 aromatic heterocycles. The van der Waals surface area contributed by atoms with Crippen LogP contribution in [0.3, 0.4) is 0 Å². The third-order valence-corrected chi connectivity index (χ3v) is 6.32. The lowest BCUT2D eigenvalue weighted by atomic mass is 10.1. The average molecular weight is 288 g/mol. The van der Waals surface area contributed by atoms with Gasteiger partial charge in [0.1, 0.15) is 0 Å². The van der Waals surface area contributed by atoms with E-state index in [1.807, 2.05) is 0 Å². The Morgan fingerprint density at radius 3 is 2.47 bits per heavy atom. The Kier molecular flexibility index (Phi) is 5.66. The van der Waals surface area contributed by atoms with Crippen molar-refractivity contribution in [3.63, 3.8) is 0 Å². The standard InChI is InChI=1S/C14H28N2O2S/c1-16(14-6-4-2-3-5-7-14)10-8-13-12-19(17,18)11-9-15-13/h13-15H,2-12H2,1H3. The Bertz CT molecular complexity index is 362. The summed E-state index contributed by atoms with van der Waals surface area (Å²) >= 11 is 0. The monoisotopic (exact) mass is 288 g/mol. The molecule has 1 heterocycles. The molecule has 0 amide bonds. The molecule has 1 aliphatic carbocycles. The molecule has 2 fully saturated rings. The van der Waals surface area contributed by atoms with Gasteiger partial charge in [-0.25, -0.2) is 8.42 Å². The van der Waals surface area contributed by atoms with Crippen LogP contribution in [0, 0.1) is 0 Å². The summed E-state index contributed by atoms with van der Waals surface area (Å²) in [5, 5.41) is 3.34. The van der Waals surface area contributed by atoms with Crippen molar-refractivity contribution in [2.24, 2.45) is 0 Å². The topological polar surface area (TPSA) is 49.4 Å². The Morgan fingerprint density at radius 2 is 1.84 bits per heavy atom. The van der Waals surface area contributed by atoms with Gasteiger partial charge >= 0.3 is 0 Å². The van der Waals surface area contributed by atoms with Crippen LogP contribution in [0.1, 0.15) is 44.9 Å². The maximum atomic E-state index is 11.6. The van der Waals surface area contributed by atoms with Gasteiger partial charge in [0.05, 0.1) is 11.5 Å². The van der Waals surface area contributed by atoms with E-state index in [2.05, 4.69) is 17.3 Å². The number of nitrogens with one attached hydrogen (secondary N) is 1. The van der Waals surface area contributed by atoms with Crippen molar-refractivity contribution in [1.29, 1.82) is 0 Å². The van der Waals surface area contributed by atoms with Gasteiger partial charge in [0, 0.05) is 18.6 Å². The zero-order valence-corrected chi connectivity index (χ0v) is 12.9. The molecule has 5 heteroatoms. The number of hydrogen-bond acceptors (Lipinski definition) is 4. The molecule has 19 heavy (non-hydrogen) atoms. The second-order valence-electron chi connectivity index (χ2n) is 6.18. The molecule has 1 N–H and O–H groups in total. The van der Waals surface area contributed by atoms with E-state index in [4.69, 9.17) is 0 Å². The first-order valence-electron chi connectivity index (χ1n) is 7.71. The SMILES string of the molecule is CN(CCC1CS(=O)(=O)CCN1)C1CCCCCC1. The van der Waals surface area contributed by atoms with Crippen molar-refractivity contribution in [3.05, 3.63) is 0 Å². The second kappa shape index (κ2) is 7.04. The lowest BCUT2D eigenvalue weighted by molar-refractivity contribution is 0.211. The van der Waals surface area contributed by atoms with E-state index in [0.29, 0.717) is 24.1 Å². The van der Waals surface area contributed by atoms with Crippen molar-refractivity contribution < 1.29 is 8.42 Å². The van der Waals surface area contributed by atoms with Crippen LogP contribution in [0.15, 0.2) is 0 Å². The molecule has 1 saturated heterocycles. The summed E-state index contributed by atoms with van der Waals surface area (Å²) in [4.78, 5) is 2.45. The first-order chi connectivity index (χ1) is 9.07. The normalized spacial score (nSPS) is 29.3. The van der Waals surface area contributed by atoms with Gasteiger partial charge in [-0.3, -0.25) is 0 Å². The Labute approximate surface area is 117 Å². The Morgan fingerprint density at radius 1 is 1.16 bits per heavy atom. The third kappa shape index (κ3) is 5.04. The minimum Gasteiger partial charge on any atom is -0.312 e. The summed E-state index contributed by atoms with van der Waals surface area (Å²) in [7, 11) is -0.590. The highest BCUT2D eigenvalue weighted by molar-refractivity contribution is 7.91. The fourth-order valence-corrected chi connectivity index (χ4v) is 4.79. The van der Waals surface area contributed by atoms with Crippen LogP contribution in [0.25, 0.3) is 0 Å². The molecule has 0 radical (unpaired) electrons. The number of nitrogens with zero attached hydrogens (tertiary/aromatic N) is 1. The summed E-state index contributed by atoms with van der Waals surface area (Å²) in [5.41, 5.74) is 0. The largest absolute Gasteiger partial charge is 0.312 e.